The van der Waals surface area contributed by atoms with Gasteiger partial charge in [-0.1, -0.05) is 30.3 Å². The van der Waals surface area contributed by atoms with Crippen molar-refractivity contribution in [1.82, 2.24) is 5.32 Å². The molecule has 0 radical (unpaired) electrons. The van der Waals surface area contributed by atoms with Crippen molar-refractivity contribution < 1.29 is 38.8 Å². The van der Waals surface area contributed by atoms with E-state index in [1.54, 1.807) is 43.3 Å². The summed E-state index contributed by atoms with van der Waals surface area (Å²) in [7, 11) is 1.41. The molecule has 3 N–H and O–H groups in total. The van der Waals surface area contributed by atoms with Gasteiger partial charge >= 0.3 is 12.1 Å². The Morgan fingerprint density at radius 3 is 2.45 bits per heavy atom. The van der Waals surface area contributed by atoms with Gasteiger partial charge in [0.2, 0.25) is 0 Å². The second-order valence-electron chi connectivity index (χ2n) is 6.89. The molecule has 2 amide bonds. The zero-order valence-corrected chi connectivity index (χ0v) is 18.4. The van der Waals surface area contributed by atoms with Crippen LogP contribution in [-0.2, 0) is 14.3 Å². The molecule has 2 aromatic rings. The number of alkyl carbamates (subject to hydrolysis) is 1. The highest BCUT2D eigenvalue weighted by Crippen LogP contribution is 2.33. The highest BCUT2D eigenvalue weighted by atomic mass is 16.6. The van der Waals surface area contributed by atoms with Crippen LogP contribution in [0.3, 0.4) is 0 Å². The number of carboxylic acids is 1. The van der Waals surface area contributed by atoms with E-state index in [4.69, 9.17) is 19.3 Å². The first-order chi connectivity index (χ1) is 15.8. The van der Waals surface area contributed by atoms with Gasteiger partial charge in [-0.2, -0.15) is 0 Å². The number of hydrogen-bond acceptors (Lipinski definition) is 7. The van der Waals surface area contributed by atoms with Gasteiger partial charge in [0, 0.05) is 18.2 Å². The van der Waals surface area contributed by atoms with E-state index in [-0.39, 0.29) is 17.1 Å². The second-order valence-corrected chi connectivity index (χ2v) is 6.89. The summed E-state index contributed by atoms with van der Waals surface area (Å²) in [6.07, 6.45) is 0.467. The fraction of sp³-hybridized carbons (Fsp3) is 0.292. The number of nitrogens with one attached hydrogen (secondary N) is 1. The minimum absolute atomic E-state index is 0.162. The van der Waals surface area contributed by atoms with Crippen LogP contribution in [0, 0.1) is 0 Å². The van der Waals surface area contributed by atoms with Crippen molar-refractivity contribution in [3.05, 3.63) is 71.8 Å². The largest absolute Gasteiger partial charge is 0.504 e. The Kier molecular flexibility index (Phi) is 9.91. The van der Waals surface area contributed by atoms with Crippen molar-refractivity contribution in [2.75, 3.05) is 13.7 Å². The first kappa shape index (κ1) is 25.4. The molecule has 0 aromatic heterocycles. The molecule has 2 aromatic carbocycles. The third-order valence-electron chi connectivity index (χ3n) is 4.61. The zero-order valence-electron chi connectivity index (χ0n) is 18.4. The maximum atomic E-state index is 12.6. The van der Waals surface area contributed by atoms with Gasteiger partial charge in [-0.05, 0) is 49.6 Å². The molecule has 0 aliphatic rings. The molecule has 0 bridgehead atoms. The van der Waals surface area contributed by atoms with Crippen molar-refractivity contribution >= 4 is 18.0 Å². The van der Waals surface area contributed by atoms with Crippen LogP contribution in [0.25, 0.3) is 0 Å². The minimum atomic E-state index is -1.07. The van der Waals surface area contributed by atoms with Gasteiger partial charge in [0.1, 0.15) is 0 Å². The Morgan fingerprint density at radius 2 is 1.85 bits per heavy atom. The summed E-state index contributed by atoms with van der Waals surface area (Å²) < 4.78 is 16.4. The van der Waals surface area contributed by atoms with Crippen LogP contribution in [0.4, 0.5) is 4.79 Å². The van der Waals surface area contributed by atoms with Crippen LogP contribution in [0.1, 0.15) is 41.8 Å². The van der Waals surface area contributed by atoms with Crippen molar-refractivity contribution in [1.29, 1.82) is 0 Å². The summed E-state index contributed by atoms with van der Waals surface area (Å²) in [6.45, 7) is 2.06. The van der Waals surface area contributed by atoms with E-state index in [1.807, 2.05) is 0 Å². The summed E-state index contributed by atoms with van der Waals surface area (Å²) in [6, 6.07) is 12.7. The smallest absolute Gasteiger partial charge is 0.414 e. The molecule has 0 saturated carbocycles. The molecule has 2 rings (SSSR count). The number of benzene rings is 2. The van der Waals surface area contributed by atoms with Crippen LogP contribution < -0.4 is 10.1 Å². The van der Waals surface area contributed by atoms with Gasteiger partial charge in [0.15, 0.2) is 17.6 Å². The normalized spacial score (nSPS) is 12.7. The molecule has 0 unspecified atom stereocenters. The molecule has 9 heteroatoms. The number of rotatable bonds is 11. The number of phenols is 1. The van der Waals surface area contributed by atoms with Gasteiger partial charge in [-0.3, -0.25) is 10.1 Å². The van der Waals surface area contributed by atoms with E-state index in [1.165, 1.54) is 25.3 Å². The number of amides is 2. The van der Waals surface area contributed by atoms with Gasteiger partial charge in [0.05, 0.1) is 13.2 Å². The van der Waals surface area contributed by atoms with Crippen molar-refractivity contribution in [2.24, 2.45) is 0 Å². The molecule has 176 valence electrons. The topological polar surface area (TPSA) is 131 Å². The Balaban J connectivity index is 2.26. The average Bonchev–Trinajstić information content (AvgIpc) is 2.80. The predicted octanol–water partition coefficient (Wildman–Crippen LogP) is 3.83. The SMILES string of the molecule is CCO[C@@H](CC/C=C/C(=O)O)[C@@H](OC(=O)NC(=O)c1ccccc1)c1ccc(OC)c(O)c1. The first-order valence-electron chi connectivity index (χ1n) is 10.3. The maximum absolute atomic E-state index is 12.6. The van der Waals surface area contributed by atoms with E-state index in [0.717, 1.165) is 6.08 Å². The highest BCUT2D eigenvalue weighted by Gasteiger charge is 2.29. The van der Waals surface area contributed by atoms with E-state index < -0.39 is 30.2 Å². The molecule has 0 saturated heterocycles. The molecule has 0 aliphatic heterocycles. The number of carbonyl (C=O) groups is 3. The Morgan fingerprint density at radius 1 is 1.12 bits per heavy atom. The van der Waals surface area contributed by atoms with Crippen LogP contribution >= 0.6 is 0 Å². The number of ether oxygens (including phenoxy) is 3. The fourth-order valence-electron chi connectivity index (χ4n) is 3.12. The molecular weight excluding hydrogens is 430 g/mol. The summed E-state index contributed by atoms with van der Waals surface area (Å²) in [5, 5.41) is 21.2. The highest BCUT2D eigenvalue weighted by molar-refractivity contribution is 6.02. The number of allylic oxidation sites excluding steroid dienone is 1. The van der Waals surface area contributed by atoms with E-state index in [9.17, 15) is 19.5 Å². The summed E-state index contributed by atoms with van der Waals surface area (Å²) in [5.41, 5.74) is 0.699. The number of imide groups is 1. The first-order valence-corrected chi connectivity index (χ1v) is 10.3. The molecule has 2 atom stereocenters. The molecule has 0 heterocycles. The predicted molar refractivity (Wildman–Crippen MR) is 119 cm³/mol. The molecule has 9 nitrogen and oxygen atoms in total. The minimum Gasteiger partial charge on any atom is -0.504 e. The van der Waals surface area contributed by atoms with Crippen molar-refractivity contribution in [3.63, 3.8) is 0 Å². The number of carboxylic acid groups (broad SMARTS) is 1. The monoisotopic (exact) mass is 457 g/mol. The van der Waals surface area contributed by atoms with Crippen molar-refractivity contribution in [3.8, 4) is 11.5 Å². The number of aliphatic carboxylic acids is 1. The standard InChI is InChI=1S/C24H27NO8/c1-3-32-20(11-7-8-12-21(27)28)22(17-13-14-19(31-2)18(26)15-17)33-24(30)25-23(29)16-9-5-4-6-10-16/h4-6,8-10,12-15,20,22,26H,3,7,11H2,1-2H3,(H,27,28)(H,25,29,30)/b12-8+/t20-,22-/m0/s1. The summed E-state index contributed by atoms with van der Waals surface area (Å²) in [5.74, 6) is -1.63. The third kappa shape index (κ3) is 7.97. The molecule has 0 spiro atoms. The lowest BCUT2D eigenvalue weighted by Crippen LogP contribution is -2.35. The molecule has 33 heavy (non-hydrogen) atoms. The van der Waals surface area contributed by atoms with Crippen LogP contribution in [0.15, 0.2) is 60.7 Å². The lowest BCUT2D eigenvalue weighted by atomic mass is 9.99. The number of aromatic hydroxyl groups is 1. The van der Waals surface area contributed by atoms with Gasteiger partial charge in [-0.15, -0.1) is 0 Å². The van der Waals surface area contributed by atoms with Gasteiger partial charge < -0.3 is 24.4 Å². The summed E-state index contributed by atoms with van der Waals surface area (Å²) >= 11 is 0. The Labute approximate surface area is 191 Å². The van der Waals surface area contributed by atoms with E-state index in [0.29, 0.717) is 25.0 Å². The maximum Gasteiger partial charge on any atom is 0.414 e. The lowest BCUT2D eigenvalue weighted by molar-refractivity contribution is -0.131. The molecular formula is C24H27NO8. The molecule has 0 fully saturated rings. The van der Waals surface area contributed by atoms with Crippen LogP contribution in [-0.4, -0.2) is 48.0 Å². The fourth-order valence-corrected chi connectivity index (χ4v) is 3.12. The van der Waals surface area contributed by atoms with Gasteiger partial charge in [0.25, 0.3) is 5.91 Å². The number of hydrogen-bond donors (Lipinski definition) is 3. The second kappa shape index (κ2) is 12.9. The average molecular weight is 457 g/mol. The Hall–Kier alpha value is -3.85. The Bertz CT molecular complexity index is 974. The molecule has 0 aliphatic carbocycles. The van der Waals surface area contributed by atoms with Crippen molar-refractivity contribution in [2.45, 2.75) is 32.0 Å². The number of phenolic OH excluding ortho intramolecular Hbond substituents is 1. The van der Waals surface area contributed by atoms with Crippen LogP contribution in [0.2, 0.25) is 0 Å². The van der Waals surface area contributed by atoms with E-state index in [2.05, 4.69) is 5.32 Å². The number of methoxy groups -OCH3 is 1. The number of carbonyl (C=O) groups excluding carboxylic acids is 2. The summed E-state index contributed by atoms with van der Waals surface area (Å²) in [4.78, 5) is 35.6. The van der Waals surface area contributed by atoms with E-state index >= 15 is 0 Å². The van der Waals surface area contributed by atoms with Crippen LogP contribution in [0.5, 0.6) is 11.5 Å². The lowest BCUT2D eigenvalue weighted by Gasteiger charge is -2.27. The zero-order chi connectivity index (χ0) is 24.2. The third-order valence-corrected chi connectivity index (χ3v) is 4.61. The quantitative estimate of drug-likeness (QED) is 0.434. The van der Waals surface area contributed by atoms with Gasteiger partial charge in [-0.25, -0.2) is 9.59 Å².